The molecule has 2 aliphatic rings. The maximum Gasteiger partial charge on any atom is 0.0497 e. The maximum atomic E-state index is 5.35. The summed E-state index contributed by atoms with van der Waals surface area (Å²) in [4.78, 5) is 0. The normalized spacial score (nSPS) is 45.9. The van der Waals surface area contributed by atoms with Crippen LogP contribution in [-0.4, -0.2) is 17.6 Å². The fourth-order valence-electron chi connectivity index (χ4n) is 1.92. The van der Waals surface area contributed by atoms with Crippen molar-refractivity contribution in [3.8, 4) is 0 Å². The van der Waals surface area contributed by atoms with E-state index < -0.39 is 0 Å². The van der Waals surface area contributed by atoms with Gasteiger partial charge >= 0.3 is 0 Å². The number of hydrogen-bond acceptors (Lipinski definition) is 1. The van der Waals surface area contributed by atoms with Gasteiger partial charge in [-0.15, -0.1) is 0 Å². The van der Waals surface area contributed by atoms with Gasteiger partial charge in [0, 0.05) is 17.6 Å². The van der Waals surface area contributed by atoms with Crippen LogP contribution in [0.2, 0.25) is 0 Å². The van der Waals surface area contributed by atoms with Crippen molar-refractivity contribution >= 4 is 22.6 Å². The second-order valence-corrected chi connectivity index (χ2v) is 4.32. The molecule has 2 rings (SSSR count). The first-order chi connectivity index (χ1) is 4.92. The highest BCUT2D eigenvalue weighted by Gasteiger charge is 2.42. The monoisotopic (exact) mass is 252 g/mol. The molecule has 0 radical (unpaired) electrons. The molecular weight excluding hydrogens is 239 g/mol. The zero-order valence-electron chi connectivity index (χ0n) is 6.05. The smallest absolute Gasteiger partial charge is 0.0497 e. The van der Waals surface area contributed by atoms with E-state index in [1.807, 2.05) is 0 Å². The van der Waals surface area contributed by atoms with Crippen LogP contribution < -0.4 is 0 Å². The van der Waals surface area contributed by atoms with E-state index in [4.69, 9.17) is 4.74 Å². The minimum Gasteiger partial charge on any atom is -0.381 e. The lowest BCUT2D eigenvalue weighted by Crippen LogP contribution is -2.03. The summed E-state index contributed by atoms with van der Waals surface area (Å²) in [6.07, 6.45) is 2.81. The highest BCUT2D eigenvalue weighted by Crippen LogP contribution is 2.47. The van der Waals surface area contributed by atoms with Crippen LogP contribution in [0, 0.1) is 17.8 Å². The average molecular weight is 252 g/mol. The van der Waals surface area contributed by atoms with Crippen molar-refractivity contribution in [2.45, 2.75) is 12.8 Å². The summed E-state index contributed by atoms with van der Waals surface area (Å²) in [6.45, 7) is 2.08. The summed E-state index contributed by atoms with van der Waals surface area (Å²) in [5.74, 6) is 3.02. The molecule has 2 heteroatoms. The predicted molar refractivity (Wildman–Crippen MR) is 49.4 cm³/mol. The Kier molecular flexibility index (Phi) is 2.18. The fraction of sp³-hybridized carbons (Fsp3) is 1.00. The Morgan fingerprint density at radius 2 is 2.40 bits per heavy atom. The largest absolute Gasteiger partial charge is 0.381 e. The Morgan fingerprint density at radius 1 is 1.50 bits per heavy atom. The van der Waals surface area contributed by atoms with E-state index in [9.17, 15) is 0 Å². The Morgan fingerprint density at radius 3 is 2.90 bits per heavy atom. The molecule has 0 aromatic rings. The molecule has 3 unspecified atom stereocenters. The topological polar surface area (TPSA) is 9.23 Å². The van der Waals surface area contributed by atoms with Crippen molar-refractivity contribution in [1.82, 2.24) is 0 Å². The van der Waals surface area contributed by atoms with Gasteiger partial charge in [0.1, 0.15) is 0 Å². The van der Waals surface area contributed by atoms with Gasteiger partial charge in [0.2, 0.25) is 0 Å². The quantitative estimate of drug-likeness (QED) is 0.540. The zero-order chi connectivity index (χ0) is 6.97. The molecule has 0 N–H and O–H groups in total. The standard InChI is InChI=1S/C8H13IO/c9-4-7-3-8(7)6-1-2-10-5-6/h6-8H,1-5H2. The number of halogens is 1. The highest BCUT2D eigenvalue weighted by atomic mass is 127. The first-order valence-electron chi connectivity index (χ1n) is 4.05. The van der Waals surface area contributed by atoms with E-state index in [0.29, 0.717) is 0 Å². The molecule has 10 heavy (non-hydrogen) atoms. The maximum absolute atomic E-state index is 5.35. The molecule has 1 aliphatic carbocycles. The summed E-state index contributed by atoms with van der Waals surface area (Å²) in [5, 5.41) is 0. The van der Waals surface area contributed by atoms with Crippen molar-refractivity contribution in [3.63, 3.8) is 0 Å². The van der Waals surface area contributed by atoms with Gasteiger partial charge < -0.3 is 4.74 Å². The third kappa shape index (κ3) is 1.33. The van der Waals surface area contributed by atoms with Gasteiger partial charge in [-0.05, 0) is 30.6 Å². The molecule has 1 heterocycles. The van der Waals surface area contributed by atoms with Gasteiger partial charge in [-0.1, -0.05) is 22.6 Å². The fourth-order valence-corrected chi connectivity index (χ4v) is 2.93. The predicted octanol–water partition coefficient (Wildman–Crippen LogP) is 2.09. The van der Waals surface area contributed by atoms with E-state index in [1.165, 1.54) is 17.3 Å². The van der Waals surface area contributed by atoms with Gasteiger partial charge in [0.15, 0.2) is 0 Å². The van der Waals surface area contributed by atoms with E-state index in [1.54, 1.807) is 0 Å². The van der Waals surface area contributed by atoms with E-state index in [0.717, 1.165) is 31.0 Å². The molecule has 1 saturated heterocycles. The van der Waals surface area contributed by atoms with Crippen molar-refractivity contribution in [1.29, 1.82) is 0 Å². The lowest BCUT2D eigenvalue weighted by molar-refractivity contribution is 0.181. The third-order valence-corrected chi connectivity index (χ3v) is 3.88. The second kappa shape index (κ2) is 2.97. The molecule has 0 aromatic carbocycles. The summed E-state index contributed by atoms with van der Waals surface area (Å²) in [5.41, 5.74) is 0. The van der Waals surface area contributed by atoms with Crippen LogP contribution >= 0.6 is 22.6 Å². The molecule has 3 atom stereocenters. The van der Waals surface area contributed by atoms with Crippen molar-refractivity contribution in [3.05, 3.63) is 0 Å². The number of hydrogen-bond donors (Lipinski definition) is 0. The lowest BCUT2D eigenvalue weighted by atomic mass is 10.0. The minimum atomic E-state index is 0.930. The number of ether oxygens (including phenoxy) is 1. The van der Waals surface area contributed by atoms with E-state index in [2.05, 4.69) is 22.6 Å². The molecule has 0 spiro atoms. The first-order valence-corrected chi connectivity index (χ1v) is 5.58. The van der Waals surface area contributed by atoms with Gasteiger partial charge in [-0.2, -0.15) is 0 Å². The molecule has 1 saturated carbocycles. The summed E-state index contributed by atoms with van der Waals surface area (Å²) in [7, 11) is 0. The molecule has 0 amide bonds. The van der Waals surface area contributed by atoms with Crippen LogP contribution in [0.1, 0.15) is 12.8 Å². The molecule has 58 valence electrons. The molecule has 0 aromatic heterocycles. The van der Waals surface area contributed by atoms with Gasteiger partial charge in [0.25, 0.3) is 0 Å². The van der Waals surface area contributed by atoms with Gasteiger partial charge in [-0.25, -0.2) is 0 Å². The van der Waals surface area contributed by atoms with Crippen LogP contribution in [-0.2, 0) is 4.74 Å². The lowest BCUT2D eigenvalue weighted by Gasteiger charge is -2.03. The van der Waals surface area contributed by atoms with Crippen molar-refractivity contribution in [2.24, 2.45) is 17.8 Å². The molecule has 0 bridgehead atoms. The van der Waals surface area contributed by atoms with Gasteiger partial charge in [0.05, 0.1) is 0 Å². The van der Waals surface area contributed by atoms with Crippen LogP contribution in [0.3, 0.4) is 0 Å². The average Bonchev–Trinajstić information content (AvgIpc) is 2.56. The zero-order valence-corrected chi connectivity index (χ0v) is 8.21. The molecule has 1 aliphatic heterocycles. The summed E-state index contributed by atoms with van der Waals surface area (Å²) in [6, 6.07) is 0. The summed E-state index contributed by atoms with van der Waals surface area (Å²) < 4.78 is 6.71. The second-order valence-electron chi connectivity index (χ2n) is 3.44. The third-order valence-electron chi connectivity index (χ3n) is 2.75. The van der Waals surface area contributed by atoms with Crippen molar-refractivity contribution in [2.75, 3.05) is 17.6 Å². The van der Waals surface area contributed by atoms with E-state index >= 15 is 0 Å². The Balaban J connectivity index is 1.79. The summed E-state index contributed by atoms with van der Waals surface area (Å²) >= 11 is 2.50. The minimum absolute atomic E-state index is 0.930. The van der Waals surface area contributed by atoms with Crippen LogP contribution in [0.5, 0.6) is 0 Å². The Labute approximate surface area is 75.7 Å². The van der Waals surface area contributed by atoms with Crippen LogP contribution in [0.25, 0.3) is 0 Å². The highest BCUT2D eigenvalue weighted by molar-refractivity contribution is 14.1. The first kappa shape index (κ1) is 7.35. The molecule has 1 nitrogen and oxygen atoms in total. The Bertz CT molecular complexity index is 120. The van der Waals surface area contributed by atoms with E-state index in [-0.39, 0.29) is 0 Å². The molecular formula is C8H13IO. The Hall–Kier alpha value is 0.690. The van der Waals surface area contributed by atoms with Gasteiger partial charge in [-0.3, -0.25) is 0 Å². The number of alkyl halides is 1. The van der Waals surface area contributed by atoms with Crippen molar-refractivity contribution < 1.29 is 4.74 Å². The SMILES string of the molecule is ICC1CC1C1CCOC1. The number of rotatable bonds is 2. The van der Waals surface area contributed by atoms with Crippen LogP contribution in [0.4, 0.5) is 0 Å². The molecule has 2 fully saturated rings. The van der Waals surface area contributed by atoms with Crippen LogP contribution in [0.15, 0.2) is 0 Å².